The van der Waals surface area contributed by atoms with E-state index in [0.29, 0.717) is 6.07 Å². The van der Waals surface area contributed by atoms with E-state index in [1.165, 1.54) is 0 Å². The summed E-state index contributed by atoms with van der Waals surface area (Å²) in [4.78, 5) is 19.7. The van der Waals surface area contributed by atoms with Crippen molar-refractivity contribution in [3.63, 3.8) is 0 Å². The molecule has 0 aliphatic carbocycles. The van der Waals surface area contributed by atoms with Gasteiger partial charge in [-0.05, 0) is 6.07 Å². The van der Waals surface area contributed by atoms with Crippen LogP contribution in [0.1, 0.15) is 24.2 Å². The Balaban J connectivity index is 0.000000921. The van der Waals surface area contributed by atoms with E-state index < -0.39 is 28.0 Å². The molecule has 6 heteroatoms. The van der Waals surface area contributed by atoms with E-state index in [4.69, 9.17) is 5.11 Å². The van der Waals surface area contributed by atoms with Gasteiger partial charge in [0, 0.05) is 6.07 Å². The Labute approximate surface area is 85.3 Å². The molecule has 0 aromatic heterocycles. The van der Waals surface area contributed by atoms with Crippen LogP contribution in [0.5, 0.6) is 0 Å². The second-order valence-corrected chi connectivity index (χ2v) is 2.26. The average Bonchev–Trinajstić information content (AvgIpc) is 2.19. The van der Waals surface area contributed by atoms with Gasteiger partial charge in [0.2, 0.25) is 0 Å². The minimum Gasteiger partial charge on any atom is -0.478 e. The number of nitro groups is 1. The molecule has 0 fully saturated rings. The van der Waals surface area contributed by atoms with Crippen LogP contribution >= 0.6 is 0 Å². The van der Waals surface area contributed by atoms with Gasteiger partial charge in [0.05, 0.1) is 16.6 Å². The third-order valence-electron chi connectivity index (χ3n) is 1.34. The maximum absolute atomic E-state index is 12.6. The first kappa shape index (κ1) is 13.0. The SMILES string of the molecule is CC.O=C(O)c1cc(F)cc([N+](=O)[O-])c1. The van der Waals surface area contributed by atoms with Crippen LogP contribution in [-0.2, 0) is 0 Å². The summed E-state index contributed by atoms with van der Waals surface area (Å²) in [5.74, 6) is -2.34. The Kier molecular flexibility index (Phi) is 4.94. The number of benzene rings is 1. The lowest BCUT2D eigenvalue weighted by Crippen LogP contribution is -1.99. The molecule has 0 aliphatic rings. The molecule has 0 aliphatic heterocycles. The van der Waals surface area contributed by atoms with Crippen molar-refractivity contribution in [1.82, 2.24) is 0 Å². The van der Waals surface area contributed by atoms with Gasteiger partial charge >= 0.3 is 5.97 Å². The molecule has 82 valence electrons. The molecule has 1 aromatic rings. The van der Waals surface area contributed by atoms with Crippen LogP contribution in [0.4, 0.5) is 10.1 Å². The lowest BCUT2D eigenvalue weighted by molar-refractivity contribution is -0.385. The number of aromatic carboxylic acids is 1. The van der Waals surface area contributed by atoms with Gasteiger partial charge in [-0.25, -0.2) is 9.18 Å². The first-order valence-electron chi connectivity index (χ1n) is 4.19. The quantitative estimate of drug-likeness (QED) is 0.606. The largest absolute Gasteiger partial charge is 0.478 e. The number of halogens is 1. The zero-order valence-corrected chi connectivity index (χ0v) is 8.23. The van der Waals surface area contributed by atoms with Gasteiger partial charge < -0.3 is 5.11 Å². The number of carbonyl (C=O) groups is 1. The molecule has 1 rings (SSSR count). The molecule has 0 saturated heterocycles. The molecular formula is C9H10FNO4. The minimum atomic E-state index is -1.40. The van der Waals surface area contributed by atoms with Crippen molar-refractivity contribution in [2.75, 3.05) is 0 Å². The number of nitrogens with zero attached hydrogens (tertiary/aromatic N) is 1. The van der Waals surface area contributed by atoms with E-state index in [1.807, 2.05) is 13.8 Å². The Morgan fingerprint density at radius 3 is 2.33 bits per heavy atom. The first-order chi connectivity index (χ1) is 7.00. The molecule has 0 bridgehead atoms. The highest BCUT2D eigenvalue weighted by molar-refractivity contribution is 5.88. The normalized spacial score (nSPS) is 8.73. The van der Waals surface area contributed by atoms with Gasteiger partial charge in [-0.2, -0.15) is 0 Å². The highest BCUT2D eigenvalue weighted by Crippen LogP contribution is 2.15. The zero-order chi connectivity index (χ0) is 12.0. The fraction of sp³-hybridized carbons (Fsp3) is 0.222. The van der Waals surface area contributed by atoms with Crippen molar-refractivity contribution in [2.45, 2.75) is 13.8 Å². The molecule has 0 heterocycles. The number of non-ortho nitro benzene ring substituents is 1. The van der Waals surface area contributed by atoms with Crippen molar-refractivity contribution >= 4 is 11.7 Å². The topological polar surface area (TPSA) is 80.4 Å². The first-order valence-corrected chi connectivity index (χ1v) is 4.19. The number of rotatable bonds is 2. The van der Waals surface area contributed by atoms with E-state index in [-0.39, 0.29) is 0 Å². The molecule has 5 nitrogen and oxygen atoms in total. The van der Waals surface area contributed by atoms with E-state index in [1.54, 1.807) is 0 Å². The van der Waals surface area contributed by atoms with Crippen LogP contribution in [0.15, 0.2) is 18.2 Å². The number of hydrogen-bond donors (Lipinski definition) is 1. The Morgan fingerprint density at radius 1 is 1.40 bits per heavy atom. The van der Waals surface area contributed by atoms with Gasteiger partial charge in [0.15, 0.2) is 0 Å². The van der Waals surface area contributed by atoms with Gasteiger partial charge in [-0.1, -0.05) is 13.8 Å². The molecule has 1 N–H and O–H groups in total. The molecule has 0 spiro atoms. The smallest absolute Gasteiger partial charge is 0.336 e. The van der Waals surface area contributed by atoms with Gasteiger partial charge in [-0.15, -0.1) is 0 Å². The molecule has 15 heavy (non-hydrogen) atoms. The lowest BCUT2D eigenvalue weighted by Gasteiger charge is -1.95. The van der Waals surface area contributed by atoms with Crippen molar-refractivity contribution in [3.05, 3.63) is 39.7 Å². The van der Waals surface area contributed by atoms with E-state index in [0.717, 1.165) is 12.1 Å². The summed E-state index contributed by atoms with van der Waals surface area (Å²) >= 11 is 0. The predicted octanol–water partition coefficient (Wildman–Crippen LogP) is 2.46. The van der Waals surface area contributed by atoms with Crippen molar-refractivity contribution < 1.29 is 19.2 Å². The fourth-order valence-electron chi connectivity index (χ4n) is 0.803. The predicted molar refractivity (Wildman–Crippen MR) is 51.4 cm³/mol. The monoisotopic (exact) mass is 215 g/mol. The highest BCUT2D eigenvalue weighted by Gasteiger charge is 2.13. The van der Waals surface area contributed by atoms with E-state index >= 15 is 0 Å². The summed E-state index contributed by atoms with van der Waals surface area (Å²) in [5, 5.41) is 18.6. The Bertz CT molecular complexity index is 346. The van der Waals surface area contributed by atoms with Crippen LogP contribution in [-0.4, -0.2) is 16.0 Å². The minimum absolute atomic E-state index is 0.438. The van der Waals surface area contributed by atoms with Gasteiger partial charge in [-0.3, -0.25) is 10.1 Å². The zero-order valence-electron chi connectivity index (χ0n) is 8.23. The summed E-state index contributed by atoms with van der Waals surface area (Å²) in [6.45, 7) is 4.00. The van der Waals surface area contributed by atoms with Crippen LogP contribution in [0.25, 0.3) is 0 Å². The number of carboxylic acid groups (broad SMARTS) is 1. The van der Waals surface area contributed by atoms with Crippen molar-refractivity contribution in [2.24, 2.45) is 0 Å². The number of hydrogen-bond acceptors (Lipinski definition) is 3. The van der Waals surface area contributed by atoms with Crippen LogP contribution in [0.3, 0.4) is 0 Å². The summed E-state index contributed by atoms with van der Waals surface area (Å²) in [6, 6.07) is 2.17. The summed E-state index contributed by atoms with van der Waals surface area (Å²) < 4.78 is 12.6. The molecule has 0 atom stereocenters. The van der Waals surface area contributed by atoms with Crippen LogP contribution in [0.2, 0.25) is 0 Å². The molecule has 0 radical (unpaired) electrons. The van der Waals surface area contributed by atoms with E-state index in [2.05, 4.69) is 0 Å². The molecule has 1 aromatic carbocycles. The summed E-state index contributed by atoms with van der Waals surface area (Å²) in [6.07, 6.45) is 0. The van der Waals surface area contributed by atoms with Crippen LogP contribution in [0, 0.1) is 15.9 Å². The lowest BCUT2D eigenvalue weighted by atomic mass is 10.2. The third-order valence-corrected chi connectivity index (χ3v) is 1.34. The maximum Gasteiger partial charge on any atom is 0.336 e. The summed E-state index contributed by atoms with van der Waals surface area (Å²) in [7, 11) is 0. The number of nitro benzene ring substituents is 1. The second-order valence-electron chi connectivity index (χ2n) is 2.26. The van der Waals surface area contributed by atoms with E-state index in [9.17, 15) is 19.3 Å². The molecule has 0 saturated carbocycles. The molecule has 0 amide bonds. The van der Waals surface area contributed by atoms with Gasteiger partial charge in [0.25, 0.3) is 5.69 Å². The third kappa shape index (κ3) is 3.72. The Morgan fingerprint density at radius 2 is 1.93 bits per heavy atom. The van der Waals surface area contributed by atoms with Gasteiger partial charge in [0.1, 0.15) is 5.82 Å². The molecule has 0 unspecified atom stereocenters. The summed E-state index contributed by atoms with van der Waals surface area (Å²) in [5.41, 5.74) is -1.01. The van der Waals surface area contributed by atoms with Crippen molar-refractivity contribution in [3.8, 4) is 0 Å². The maximum atomic E-state index is 12.6. The standard InChI is InChI=1S/C7H4FNO4.C2H6/c8-5-1-4(7(10)11)2-6(3-5)9(12)13;1-2/h1-3H,(H,10,11);1-2H3. The second kappa shape index (κ2) is 5.69. The highest BCUT2D eigenvalue weighted by atomic mass is 19.1. The average molecular weight is 215 g/mol. The molecular weight excluding hydrogens is 205 g/mol. The number of carboxylic acids is 1. The van der Waals surface area contributed by atoms with Crippen LogP contribution < -0.4 is 0 Å². The fourth-order valence-corrected chi connectivity index (χ4v) is 0.803. The van der Waals surface area contributed by atoms with Crippen molar-refractivity contribution in [1.29, 1.82) is 0 Å². The Hall–Kier alpha value is -1.98.